The maximum atomic E-state index is 11.0. The van der Waals surface area contributed by atoms with E-state index in [1.54, 1.807) is 0 Å². The van der Waals surface area contributed by atoms with Crippen molar-refractivity contribution in [2.24, 2.45) is 0 Å². The highest BCUT2D eigenvalue weighted by molar-refractivity contribution is 5.72. The average molecular weight is 212 g/mol. The monoisotopic (exact) mass is 212 g/mol. The molecule has 0 bridgehead atoms. The van der Waals surface area contributed by atoms with Crippen molar-refractivity contribution in [3.8, 4) is 0 Å². The minimum Gasteiger partial charge on any atom is -0.463 e. The van der Waals surface area contributed by atoms with Gasteiger partial charge >= 0.3 is 5.97 Å². The van der Waals surface area contributed by atoms with Gasteiger partial charge in [0.2, 0.25) is 0 Å². The maximum absolute atomic E-state index is 11.0. The van der Waals surface area contributed by atoms with E-state index in [1.165, 1.54) is 19.3 Å². The van der Waals surface area contributed by atoms with Crippen LogP contribution in [0.5, 0.6) is 0 Å². The van der Waals surface area contributed by atoms with E-state index < -0.39 is 0 Å². The van der Waals surface area contributed by atoms with E-state index in [9.17, 15) is 4.79 Å². The van der Waals surface area contributed by atoms with E-state index in [4.69, 9.17) is 4.74 Å². The van der Waals surface area contributed by atoms with Gasteiger partial charge in [-0.05, 0) is 25.8 Å². The van der Waals surface area contributed by atoms with Crippen molar-refractivity contribution in [3.63, 3.8) is 0 Å². The minimum absolute atomic E-state index is 0.0714. The van der Waals surface area contributed by atoms with Crippen LogP contribution in [0.25, 0.3) is 0 Å². The van der Waals surface area contributed by atoms with E-state index in [0.29, 0.717) is 19.2 Å². The fraction of sp³-hybridized carbons (Fsp3) is 0.909. The average Bonchev–Trinajstić information content (AvgIpc) is 2.28. The van der Waals surface area contributed by atoms with Gasteiger partial charge < -0.3 is 10.1 Å². The second kappa shape index (κ2) is 5.47. The molecule has 0 radical (unpaired) electrons. The van der Waals surface area contributed by atoms with E-state index in [1.807, 2.05) is 0 Å². The number of nitrogens with zero attached hydrogens (tertiary/aromatic N) is 1. The maximum Gasteiger partial charge on any atom is 0.320 e. The number of cyclic esters (lactones) is 1. The predicted molar refractivity (Wildman–Crippen MR) is 57.7 cm³/mol. The van der Waals surface area contributed by atoms with Crippen molar-refractivity contribution < 1.29 is 9.53 Å². The lowest BCUT2D eigenvalue weighted by Gasteiger charge is -2.29. The van der Waals surface area contributed by atoms with Crippen molar-refractivity contribution in [3.05, 3.63) is 0 Å². The molecule has 4 nitrogen and oxygen atoms in total. The van der Waals surface area contributed by atoms with Gasteiger partial charge in [-0.3, -0.25) is 9.69 Å². The number of ether oxygens (including phenoxy) is 1. The number of rotatable bonds is 3. The molecule has 2 saturated heterocycles. The summed E-state index contributed by atoms with van der Waals surface area (Å²) in [5, 5.41) is 3.53. The van der Waals surface area contributed by atoms with Gasteiger partial charge in [0.15, 0.2) is 0 Å². The van der Waals surface area contributed by atoms with Gasteiger partial charge in [0.25, 0.3) is 0 Å². The zero-order valence-electron chi connectivity index (χ0n) is 9.21. The van der Waals surface area contributed by atoms with E-state index in [-0.39, 0.29) is 5.97 Å². The van der Waals surface area contributed by atoms with Crippen molar-refractivity contribution >= 4 is 5.97 Å². The summed E-state index contributed by atoms with van der Waals surface area (Å²) >= 11 is 0. The topological polar surface area (TPSA) is 41.6 Å². The molecule has 1 N–H and O–H groups in total. The summed E-state index contributed by atoms with van der Waals surface area (Å²) in [4.78, 5) is 13.2. The van der Waals surface area contributed by atoms with Crippen molar-refractivity contribution in [1.82, 2.24) is 10.2 Å². The second-order valence-corrected chi connectivity index (χ2v) is 4.43. The van der Waals surface area contributed by atoms with Crippen LogP contribution in [0.15, 0.2) is 0 Å². The molecular weight excluding hydrogens is 192 g/mol. The van der Waals surface area contributed by atoms with Gasteiger partial charge in [-0.25, -0.2) is 0 Å². The zero-order chi connectivity index (χ0) is 10.5. The third-order valence-electron chi connectivity index (χ3n) is 3.23. The van der Waals surface area contributed by atoms with Crippen LogP contribution in [0.3, 0.4) is 0 Å². The Morgan fingerprint density at radius 2 is 2.40 bits per heavy atom. The number of carbonyl (C=O) groups is 1. The zero-order valence-corrected chi connectivity index (χ0v) is 9.21. The van der Waals surface area contributed by atoms with Crippen molar-refractivity contribution in [2.45, 2.75) is 31.7 Å². The third kappa shape index (κ3) is 3.47. The van der Waals surface area contributed by atoms with Crippen LogP contribution in [0.4, 0.5) is 0 Å². The van der Waals surface area contributed by atoms with Crippen molar-refractivity contribution in [2.75, 3.05) is 32.8 Å². The fourth-order valence-electron chi connectivity index (χ4n) is 2.30. The molecule has 2 fully saturated rings. The highest BCUT2D eigenvalue weighted by atomic mass is 16.5. The van der Waals surface area contributed by atoms with Crippen LogP contribution in [0.1, 0.15) is 25.7 Å². The van der Waals surface area contributed by atoms with Gasteiger partial charge in [-0.1, -0.05) is 6.42 Å². The summed E-state index contributed by atoms with van der Waals surface area (Å²) in [5.74, 6) is -0.0714. The summed E-state index contributed by atoms with van der Waals surface area (Å²) in [5.41, 5.74) is 0. The molecule has 0 aliphatic carbocycles. The molecule has 0 aromatic heterocycles. The lowest BCUT2D eigenvalue weighted by molar-refractivity contribution is -0.150. The van der Waals surface area contributed by atoms with Gasteiger partial charge in [0.05, 0.1) is 6.54 Å². The van der Waals surface area contributed by atoms with Gasteiger partial charge in [-0.2, -0.15) is 0 Å². The largest absolute Gasteiger partial charge is 0.463 e. The van der Waals surface area contributed by atoms with Crippen molar-refractivity contribution in [1.29, 1.82) is 0 Å². The van der Waals surface area contributed by atoms with Crippen LogP contribution in [-0.2, 0) is 9.53 Å². The number of hydrogen-bond donors (Lipinski definition) is 1. The normalized spacial score (nSPS) is 28.8. The number of nitrogens with one attached hydrogen (secondary N) is 1. The van der Waals surface area contributed by atoms with Crippen LogP contribution in [0.2, 0.25) is 0 Å². The second-order valence-electron chi connectivity index (χ2n) is 4.43. The molecule has 2 heterocycles. The predicted octanol–water partition coefficient (Wildman–Crippen LogP) is 0.377. The Bertz CT molecular complexity index is 215. The molecule has 0 aromatic carbocycles. The highest BCUT2D eigenvalue weighted by Gasteiger charge is 2.19. The summed E-state index contributed by atoms with van der Waals surface area (Å²) in [7, 11) is 0. The van der Waals surface area contributed by atoms with Crippen LogP contribution in [0, 0.1) is 0 Å². The first-order chi connectivity index (χ1) is 7.34. The summed E-state index contributed by atoms with van der Waals surface area (Å²) in [6.07, 6.45) is 5.11. The minimum atomic E-state index is -0.0714. The molecule has 0 spiro atoms. The molecule has 0 amide bonds. The number of morpholine rings is 1. The molecule has 2 rings (SSSR count). The third-order valence-corrected chi connectivity index (χ3v) is 3.23. The Hall–Kier alpha value is -0.610. The number of esters is 1. The quantitative estimate of drug-likeness (QED) is 0.687. The van der Waals surface area contributed by atoms with E-state index in [2.05, 4.69) is 10.2 Å². The van der Waals surface area contributed by atoms with E-state index in [0.717, 1.165) is 26.1 Å². The number of carbonyl (C=O) groups excluding carboxylic acids is 1. The van der Waals surface area contributed by atoms with Crippen LogP contribution in [-0.4, -0.2) is 49.7 Å². The van der Waals surface area contributed by atoms with Gasteiger partial charge in [0, 0.05) is 19.1 Å². The Morgan fingerprint density at radius 1 is 1.47 bits per heavy atom. The molecule has 0 saturated carbocycles. The summed E-state index contributed by atoms with van der Waals surface area (Å²) < 4.78 is 4.90. The Balaban J connectivity index is 1.65. The standard InChI is InChI=1S/C11H20N2O2/c14-11-9-13(7-8-15-11)6-4-10-3-1-2-5-12-10/h10,12H,1-9H2. The SMILES string of the molecule is O=C1CN(CCC2CCCCN2)CCO1. The summed E-state index contributed by atoms with van der Waals surface area (Å²) in [6.45, 7) is 4.13. The first-order valence-corrected chi connectivity index (χ1v) is 5.96. The Labute approximate surface area is 91.0 Å². The molecule has 1 atom stereocenters. The van der Waals surface area contributed by atoms with Crippen LogP contribution < -0.4 is 5.32 Å². The molecule has 86 valence electrons. The lowest BCUT2D eigenvalue weighted by atomic mass is 10.0. The molecule has 15 heavy (non-hydrogen) atoms. The van der Waals surface area contributed by atoms with Crippen LogP contribution >= 0.6 is 0 Å². The van der Waals surface area contributed by atoms with Gasteiger partial charge in [0.1, 0.15) is 6.61 Å². The number of hydrogen-bond acceptors (Lipinski definition) is 4. The van der Waals surface area contributed by atoms with E-state index >= 15 is 0 Å². The first kappa shape index (κ1) is 10.9. The number of piperidine rings is 1. The fourth-order valence-corrected chi connectivity index (χ4v) is 2.30. The molecule has 2 aliphatic rings. The lowest BCUT2D eigenvalue weighted by Crippen LogP contribution is -2.43. The molecule has 1 unspecified atom stereocenters. The Morgan fingerprint density at radius 3 is 3.13 bits per heavy atom. The first-order valence-electron chi connectivity index (χ1n) is 5.96. The van der Waals surface area contributed by atoms with Gasteiger partial charge in [-0.15, -0.1) is 0 Å². The molecule has 0 aromatic rings. The highest BCUT2D eigenvalue weighted by Crippen LogP contribution is 2.11. The summed E-state index contributed by atoms with van der Waals surface area (Å²) in [6, 6.07) is 0.664. The Kier molecular flexibility index (Phi) is 3.97. The molecule has 4 heteroatoms. The molecular formula is C11H20N2O2. The molecule has 2 aliphatic heterocycles. The smallest absolute Gasteiger partial charge is 0.320 e.